The molecule has 2 aromatic rings. The molecule has 0 aliphatic carbocycles. The summed E-state index contributed by atoms with van der Waals surface area (Å²) in [5.41, 5.74) is 3.87. The predicted octanol–water partition coefficient (Wildman–Crippen LogP) is 1.01. The van der Waals surface area contributed by atoms with Gasteiger partial charge >= 0.3 is 0 Å². The zero-order valence-electron chi connectivity index (χ0n) is 12.5. The molecule has 114 valence electrons. The lowest BCUT2D eigenvalue weighted by Crippen LogP contribution is -2.38. The number of hydrogen-bond donors (Lipinski definition) is 2. The molecule has 2 aromatic heterocycles. The Bertz CT molecular complexity index is 709. The third-order valence-corrected chi connectivity index (χ3v) is 4.58. The molecule has 6 nitrogen and oxygen atoms in total. The fourth-order valence-corrected chi connectivity index (χ4v) is 3.49. The van der Waals surface area contributed by atoms with Gasteiger partial charge in [0.1, 0.15) is 5.69 Å². The molecule has 6 heteroatoms. The Labute approximate surface area is 128 Å². The first-order valence-corrected chi connectivity index (χ1v) is 7.78. The molecule has 1 amide bonds. The average Bonchev–Trinajstić information content (AvgIpc) is 2.95. The summed E-state index contributed by atoms with van der Waals surface area (Å²) in [5, 5.41) is 11.2. The summed E-state index contributed by atoms with van der Waals surface area (Å²) in [6.07, 6.45) is 2.68. The number of pyridine rings is 1. The maximum atomic E-state index is 12.3. The van der Waals surface area contributed by atoms with E-state index in [2.05, 4.69) is 27.6 Å². The van der Waals surface area contributed by atoms with Crippen molar-refractivity contribution in [3.63, 3.8) is 0 Å². The Hall–Kier alpha value is -2.21. The van der Waals surface area contributed by atoms with Crippen molar-refractivity contribution in [3.05, 3.63) is 47.0 Å². The van der Waals surface area contributed by atoms with Gasteiger partial charge in [0.2, 0.25) is 0 Å². The molecule has 0 saturated carbocycles. The number of rotatable bonds is 2. The zero-order valence-corrected chi connectivity index (χ0v) is 12.5. The van der Waals surface area contributed by atoms with Gasteiger partial charge in [-0.05, 0) is 12.1 Å². The Morgan fingerprint density at radius 3 is 3.09 bits per heavy atom. The molecule has 4 heterocycles. The number of amides is 1. The summed E-state index contributed by atoms with van der Waals surface area (Å²) < 4.78 is 1.87. The smallest absolute Gasteiger partial charge is 0.269 e. The van der Waals surface area contributed by atoms with Crippen molar-refractivity contribution < 1.29 is 4.79 Å². The first-order chi connectivity index (χ1) is 10.8. The van der Waals surface area contributed by atoms with Gasteiger partial charge in [-0.1, -0.05) is 13.0 Å². The normalized spacial score (nSPS) is 21.7. The van der Waals surface area contributed by atoms with E-state index in [1.165, 1.54) is 0 Å². The van der Waals surface area contributed by atoms with Crippen LogP contribution in [0.3, 0.4) is 0 Å². The van der Waals surface area contributed by atoms with Crippen LogP contribution in [-0.2, 0) is 13.0 Å². The lowest BCUT2D eigenvalue weighted by molar-refractivity contribution is 0.0922. The minimum atomic E-state index is -0.0121. The number of carbonyl (C=O) groups excluding carboxylic acids is 1. The highest BCUT2D eigenvalue weighted by Gasteiger charge is 2.36. The second-order valence-corrected chi connectivity index (χ2v) is 5.91. The molecule has 2 aliphatic rings. The number of carbonyl (C=O) groups is 1. The van der Waals surface area contributed by atoms with E-state index in [0.29, 0.717) is 6.54 Å². The lowest BCUT2D eigenvalue weighted by Gasteiger charge is -2.29. The third kappa shape index (κ3) is 2.02. The van der Waals surface area contributed by atoms with E-state index in [0.717, 1.165) is 42.2 Å². The van der Waals surface area contributed by atoms with E-state index >= 15 is 0 Å². The highest BCUT2D eigenvalue weighted by Crippen LogP contribution is 2.36. The first kappa shape index (κ1) is 13.5. The van der Waals surface area contributed by atoms with Crippen molar-refractivity contribution >= 4 is 5.91 Å². The van der Waals surface area contributed by atoms with E-state index in [4.69, 9.17) is 0 Å². The van der Waals surface area contributed by atoms with Crippen LogP contribution in [0.2, 0.25) is 0 Å². The van der Waals surface area contributed by atoms with Crippen molar-refractivity contribution in [2.45, 2.75) is 31.8 Å². The van der Waals surface area contributed by atoms with Crippen molar-refractivity contribution in [1.29, 1.82) is 0 Å². The van der Waals surface area contributed by atoms with Gasteiger partial charge in [-0.3, -0.25) is 14.5 Å². The van der Waals surface area contributed by atoms with Gasteiger partial charge in [-0.25, -0.2) is 0 Å². The molecule has 0 fully saturated rings. The average molecular weight is 297 g/mol. The minimum absolute atomic E-state index is 0.0121. The SMILES string of the molecule is CC(c1ccccn1)C1NCCc2nn3c(c21)C(=O)NCC3. The first-order valence-electron chi connectivity index (χ1n) is 7.78. The molecular weight excluding hydrogens is 278 g/mol. The summed E-state index contributed by atoms with van der Waals surface area (Å²) in [4.78, 5) is 16.8. The van der Waals surface area contributed by atoms with E-state index in [-0.39, 0.29) is 17.9 Å². The number of nitrogens with zero attached hydrogens (tertiary/aromatic N) is 3. The van der Waals surface area contributed by atoms with Crippen LogP contribution in [0, 0.1) is 0 Å². The summed E-state index contributed by atoms with van der Waals surface area (Å²) >= 11 is 0. The molecule has 0 aromatic carbocycles. The van der Waals surface area contributed by atoms with Crippen LogP contribution < -0.4 is 10.6 Å². The van der Waals surface area contributed by atoms with Gasteiger partial charge < -0.3 is 10.6 Å². The van der Waals surface area contributed by atoms with E-state index in [1.54, 1.807) is 0 Å². The topological polar surface area (TPSA) is 71.8 Å². The maximum absolute atomic E-state index is 12.3. The van der Waals surface area contributed by atoms with Crippen LogP contribution in [0.1, 0.15) is 46.3 Å². The summed E-state index contributed by atoms with van der Waals surface area (Å²) in [6.45, 7) is 4.44. The Kier molecular flexibility index (Phi) is 3.18. The van der Waals surface area contributed by atoms with Crippen LogP contribution in [0.15, 0.2) is 24.4 Å². The predicted molar refractivity (Wildman–Crippen MR) is 81.7 cm³/mol. The Morgan fingerprint density at radius 2 is 2.27 bits per heavy atom. The van der Waals surface area contributed by atoms with Crippen LogP contribution in [0.5, 0.6) is 0 Å². The highest BCUT2D eigenvalue weighted by molar-refractivity contribution is 5.95. The number of nitrogens with one attached hydrogen (secondary N) is 2. The third-order valence-electron chi connectivity index (χ3n) is 4.58. The van der Waals surface area contributed by atoms with Crippen molar-refractivity contribution in [2.75, 3.05) is 13.1 Å². The van der Waals surface area contributed by atoms with Crippen LogP contribution in [0.4, 0.5) is 0 Å². The molecular formula is C16H19N5O. The standard InChI is InChI=1S/C16H19N5O/c1-10(11-4-2-3-6-17-11)14-13-12(5-7-18-14)20-21-9-8-19-16(22)15(13)21/h2-4,6,10,14,18H,5,7-9H2,1H3,(H,19,22). The molecule has 2 atom stereocenters. The Morgan fingerprint density at radius 1 is 1.36 bits per heavy atom. The molecule has 22 heavy (non-hydrogen) atoms. The fraction of sp³-hybridized carbons (Fsp3) is 0.438. The van der Waals surface area contributed by atoms with Gasteiger partial charge in [-0.15, -0.1) is 0 Å². The van der Waals surface area contributed by atoms with Crippen molar-refractivity contribution in [2.24, 2.45) is 0 Å². The molecule has 2 aliphatic heterocycles. The number of fused-ring (bicyclic) bond motifs is 3. The molecule has 0 saturated heterocycles. The monoisotopic (exact) mass is 297 g/mol. The van der Waals surface area contributed by atoms with Gasteiger partial charge in [0.05, 0.1) is 12.2 Å². The van der Waals surface area contributed by atoms with Crippen LogP contribution >= 0.6 is 0 Å². The number of aromatic nitrogens is 3. The van der Waals surface area contributed by atoms with Crippen molar-refractivity contribution in [1.82, 2.24) is 25.4 Å². The van der Waals surface area contributed by atoms with E-state index < -0.39 is 0 Å². The summed E-state index contributed by atoms with van der Waals surface area (Å²) in [7, 11) is 0. The van der Waals surface area contributed by atoms with Gasteiger partial charge in [-0.2, -0.15) is 5.10 Å². The number of hydrogen-bond acceptors (Lipinski definition) is 4. The Balaban J connectivity index is 1.79. The van der Waals surface area contributed by atoms with E-state index in [9.17, 15) is 4.79 Å². The molecule has 0 spiro atoms. The molecule has 4 rings (SSSR count). The summed E-state index contributed by atoms with van der Waals surface area (Å²) in [6, 6.07) is 6.04. The highest BCUT2D eigenvalue weighted by atomic mass is 16.2. The second-order valence-electron chi connectivity index (χ2n) is 5.91. The minimum Gasteiger partial charge on any atom is -0.349 e. The fourth-order valence-electron chi connectivity index (χ4n) is 3.49. The van der Waals surface area contributed by atoms with Gasteiger partial charge in [0.15, 0.2) is 0 Å². The quantitative estimate of drug-likeness (QED) is 0.868. The van der Waals surface area contributed by atoms with Crippen molar-refractivity contribution in [3.8, 4) is 0 Å². The molecule has 2 N–H and O–H groups in total. The molecule has 0 radical (unpaired) electrons. The van der Waals surface area contributed by atoms with Gasteiger partial charge in [0, 0.05) is 48.9 Å². The largest absolute Gasteiger partial charge is 0.349 e. The molecule has 2 unspecified atom stereocenters. The summed E-state index contributed by atoms with van der Waals surface area (Å²) in [5.74, 6) is 0.172. The van der Waals surface area contributed by atoms with Crippen LogP contribution in [-0.4, -0.2) is 33.8 Å². The molecule has 0 bridgehead atoms. The van der Waals surface area contributed by atoms with Crippen LogP contribution in [0.25, 0.3) is 0 Å². The van der Waals surface area contributed by atoms with Gasteiger partial charge in [0.25, 0.3) is 5.91 Å². The van der Waals surface area contributed by atoms with E-state index in [1.807, 2.05) is 29.1 Å². The zero-order chi connectivity index (χ0) is 15.1. The maximum Gasteiger partial charge on any atom is 0.269 e. The lowest BCUT2D eigenvalue weighted by atomic mass is 9.86. The second kappa shape index (κ2) is 5.21.